The van der Waals surface area contributed by atoms with Crippen LogP contribution in [0.15, 0.2) is 59.5 Å². The van der Waals surface area contributed by atoms with Crippen LogP contribution in [0.3, 0.4) is 0 Å². The second-order valence-electron chi connectivity index (χ2n) is 4.48. The van der Waals surface area contributed by atoms with Gasteiger partial charge in [0.15, 0.2) is 4.90 Å². The maximum absolute atomic E-state index is 12.3. The predicted molar refractivity (Wildman–Crippen MR) is 78.3 cm³/mol. The first kappa shape index (κ1) is 15.1. The number of benzene rings is 2. The molecule has 2 rings (SSSR count). The molecule has 0 radical (unpaired) electrons. The Morgan fingerprint density at radius 1 is 1.05 bits per heavy atom. The summed E-state index contributed by atoms with van der Waals surface area (Å²) >= 11 is 0. The Balaban J connectivity index is 2.34. The van der Waals surface area contributed by atoms with E-state index >= 15 is 0 Å². The zero-order valence-electron chi connectivity index (χ0n) is 11.3. The van der Waals surface area contributed by atoms with E-state index in [1.54, 1.807) is 31.2 Å². The summed E-state index contributed by atoms with van der Waals surface area (Å²) in [6.45, 7) is 1.68. The molecule has 1 atom stereocenters. The van der Waals surface area contributed by atoms with Crippen molar-refractivity contribution in [3.05, 3.63) is 70.3 Å². The molecule has 0 aliphatic rings. The minimum Gasteiger partial charge on any atom is -0.258 e. The van der Waals surface area contributed by atoms with E-state index < -0.39 is 26.7 Å². The zero-order valence-corrected chi connectivity index (χ0v) is 12.1. The third-order valence-corrected chi connectivity index (χ3v) is 4.57. The molecule has 0 heterocycles. The molecule has 21 heavy (non-hydrogen) atoms. The first-order valence-electron chi connectivity index (χ1n) is 6.22. The van der Waals surface area contributed by atoms with Gasteiger partial charge in [-0.2, -0.15) is 0 Å². The monoisotopic (exact) mass is 306 g/mol. The molecular formula is C14H14N2O4S. The largest absolute Gasteiger partial charge is 0.289 e. The van der Waals surface area contributed by atoms with Gasteiger partial charge in [0.2, 0.25) is 10.0 Å². The fraction of sp³-hybridized carbons (Fsp3) is 0.143. The van der Waals surface area contributed by atoms with E-state index in [0.717, 1.165) is 5.56 Å². The Morgan fingerprint density at radius 3 is 2.24 bits per heavy atom. The number of rotatable bonds is 5. The SMILES string of the molecule is CC(NS(=O)(=O)c1ccccc1[N+](=O)[O-])c1ccccc1. The van der Waals surface area contributed by atoms with E-state index in [4.69, 9.17) is 0 Å². The molecule has 0 bridgehead atoms. The summed E-state index contributed by atoms with van der Waals surface area (Å²) in [5, 5.41) is 10.9. The fourth-order valence-electron chi connectivity index (χ4n) is 1.94. The molecular weight excluding hydrogens is 292 g/mol. The number of nitro groups is 1. The Morgan fingerprint density at radius 2 is 1.62 bits per heavy atom. The number of hydrogen-bond acceptors (Lipinski definition) is 4. The van der Waals surface area contributed by atoms with Gasteiger partial charge in [0.05, 0.1) is 4.92 Å². The van der Waals surface area contributed by atoms with Crippen LogP contribution in [0.2, 0.25) is 0 Å². The van der Waals surface area contributed by atoms with Crippen LogP contribution in [0.5, 0.6) is 0 Å². The Hall–Kier alpha value is -2.25. The molecule has 1 unspecified atom stereocenters. The maximum Gasteiger partial charge on any atom is 0.289 e. The van der Waals surface area contributed by atoms with Gasteiger partial charge in [0.1, 0.15) is 0 Å². The number of sulfonamides is 1. The number of nitrogens with zero attached hydrogens (tertiary/aromatic N) is 1. The van der Waals surface area contributed by atoms with E-state index in [0.29, 0.717) is 0 Å². The number of para-hydroxylation sites is 1. The van der Waals surface area contributed by atoms with E-state index in [-0.39, 0.29) is 4.90 Å². The summed E-state index contributed by atoms with van der Waals surface area (Å²) < 4.78 is 27.1. The van der Waals surface area contributed by atoms with Crippen LogP contribution in [0.1, 0.15) is 18.5 Å². The molecule has 0 aliphatic heterocycles. The molecule has 0 spiro atoms. The molecule has 2 aromatic rings. The highest BCUT2D eigenvalue weighted by Gasteiger charge is 2.26. The average Bonchev–Trinajstić information content (AvgIpc) is 2.47. The molecule has 110 valence electrons. The van der Waals surface area contributed by atoms with Crippen molar-refractivity contribution >= 4 is 15.7 Å². The number of nitro benzene ring substituents is 1. The van der Waals surface area contributed by atoms with Crippen LogP contribution in [-0.4, -0.2) is 13.3 Å². The number of hydrogen-bond donors (Lipinski definition) is 1. The lowest BCUT2D eigenvalue weighted by atomic mass is 10.1. The fourth-order valence-corrected chi connectivity index (χ4v) is 3.35. The van der Waals surface area contributed by atoms with Gasteiger partial charge < -0.3 is 0 Å². The number of nitrogens with one attached hydrogen (secondary N) is 1. The molecule has 2 aromatic carbocycles. The highest BCUT2D eigenvalue weighted by atomic mass is 32.2. The molecule has 1 N–H and O–H groups in total. The maximum atomic E-state index is 12.3. The Labute approximate surface area is 122 Å². The lowest BCUT2D eigenvalue weighted by molar-refractivity contribution is -0.387. The van der Waals surface area contributed by atoms with Gasteiger partial charge in [-0.1, -0.05) is 42.5 Å². The van der Waals surface area contributed by atoms with Crippen LogP contribution in [0.4, 0.5) is 5.69 Å². The third-order valence-electron chi connectivity index (χ3n) is 2.98. The summed E-state index contributed by atoms with van der Waals surface area (Å²) in [6.07, 6.45) is 0. The minimum atomic E-state index is -3.98. The van der Waals surface area contributed by atoms with Gasteiger partial charge in [0.25, 0.3) is 5.69 Å². The van der Waals surface area contributed by atoms with Crippen molar-refractivity contribution in [3.63, 3.8) is 0 Å². The van der Waals surface area contributed by atoms with E-state index in [1.807, 2.05) is 6.07 Å². The average molecular weight is 306 g/mol. The van der Waals surface area contributed by atoms with Crippen LogP contribution >= 0.6 is 0 Å². The van der Waals surface area contributed by atoms with Crippen molar-refractivity contribution in [1.29, 1.82) is 0 Å². The van der Waals surface area contributed by atoms with Crippen LogP contribution < -0.4 is 4.72 Å². The van der Waals surface area contributed by atoms with Crippen molar-refractivity contribution in [2.75, 3.05) is 0 Å². The van der Waals surface area contributed by atoms with Crippen molar-refractivity contribution in [2.24, 2.45) is 0 Å². The van der Waals surface area contributed by atoms with Gasteiger partial charge in [-0.3, -0.25) is 10.1 Å². The molecule has 0 saturated heterocycles. The summed E-state index contributed by atoms with van der Waals surface area (Å²) in [5.41, 5.74) is 0.338. The van der Waals surface area contributed by atoms with Crippen LogP contribution in [0.25, 0.3) is 0 Å². The van der Waals surface area contributed by atoms with Crippen molar-refractivity contribution in [3.8, 4) is 0 Å². The van der Waals surface area contributed by atoms with Crippen LogP contribution in [0, 0.1) is 10.1 Å². The van der Waals surface area contributed by atoms with Crippen molar-refractivity contribution in [1.82, 2.24) is 4.72 Å². The van der Waals surface area contributed by atoms with E-state index in [9.17, 15) is 18.5 Å². The molecule has 0 fully saturated rings. The van der Waals surface area contributed by atoms with Crippen molar-refractivity contribution in [2.45, 2.75) is 17.9 Å². The van der Waals surface area contributed by atoms with Gasteiger partial charge in [-0.25, -0.2) is 13.1 Å². The Kier molecular flexibility index (Phi) is 4.35. The molecule has 6 nitrogen and oxygen atoms in total. The Bertz CT molecular complexity index is 745. The van der Waals surface area contributed by atoms with Gasteiger partial charge in [0, 0.05) is 12.1 Å². The zero-order chi connectivity index (χ0) is 15.5. The lowest BCUT2D eigenvalue weighted by Gasteiger charge is -2.14. The lowest BCUT2D eigenvalue weighted by Crippen LogP contribution is -2.27. The smallest absolute Gasteiger partial charge is 0.258 e. The highest BCUT2D eigenvalue weighted by Crippen LogP contribution is 2.24. The third kappa shape index (κ3) is 3.45. The highest BCUT2D eigenvalue weighted by molar-refractivity contribution is 7.89. The van der Waals surface area contributed by atoms with E-state index in [2.05, 4.69) is 4.72 Å². The summed E-state index contributed by atoms with van der Waals surface area (Å²) in [7, 11) is -3.98. The van der Waals surface area contributed by atoms with Gasteiger partial charge in [-0.15, -0.1) is 0 Å². The topological polar surface area (TPSA) is 89.3 Å². The molecule has 0 aromatic heterocycles. The minimum absolute atomic E-state index is 0.335. The normalized spacial score (nSPS) is 12.8. The summed E-state index contributed by atoms with van der Waals surface area (Å²) in [5.74, 6) is 0. The molecule has 0 amide bonds. The predicted octanol–water partition coefficient (Wildman–Crippen LogP) is 2.63. The first-order valence-corrected chi connectivity index (χ1v) is 7.71. The first-order chi connectivity index (χ1) is 9.92. The molecule has 7 heteroatoms. The molecule has 0 aliphatic carbocycles. The van der Waals surface area contributed by atoms with Gasteiger partial charge in [-0.05, 0) is 18.6 Å². The van der Waals surface area contributed by atoms with Crippen LogP contribution in [-0.2, 0) is 10.0 Å². The molecule has 0 saturated carbocycles. The second-order valence-corrected chi connectivity index (χ2v) is 6.16. The van der Waals surface area contributed by atoms with Crippen molar-refractivity contribution < 1.29 is 13.3 Å². The summed E-state index contributed by atoms with van der Waals surface area (Å²) in [4.78, 5) is 9.90. The summed E-state index contributed by atoms with van der Waals surface area (Å²) in [6, 6.07) is 13.8. The van der Waals surface area contributed by atoms with E-state index in [1.165, 1.54) is 24.3 Å². The standard InChI is InChI=1S/C14H14N2O4S/c1-11(12-7-3-2-4-8-12)15-21(19,20)14-10-6-5-9-13(14)16(17)18/h2-11,15H,1H3. The van der Waals surface area contributed by atoms with Gasteiger partial charge >= 0.3 is 0 Å². The quantitative estimate of drug-likeness (QED) is 0.679. The second kappa shape index (κ2) is 6.02.